The van der Waals surface area contributed by atoms with Crippen molar-refractivity contribution in [3.63, 3.8) is 0 Å². The van der Waals surface area contributed by atoms with Crippen LogP contribution in [0.1, 0.15) is 40.4 Å². The van der Waals surface area contributed by atoms with E-state index >= 15 is 0 Å². The first-order valence-corrected chi connectivity index (χ1v) is 7.50. The van der Waals surface area contributed by atoms with Crippen LogP contribution in [0.25, 0.3) is 0 Å². The predicted molar refractivity (Wildman–Crippen MR) is 86.4 cm³/mol. The molecule has 1 unspecified atom stereocenters. The van der Waals surface area contributed by atoms with E-state index < -0.39 is 5.97 Å². The van der Waals surface area contributed by atoms with E-state index in [9.17, 15) is 9.59 Å². The summed E-state index contributed by atoms with van der Waals surface area (Å²) >= 11 is 0. The lowest BCUT2D eigenvalue weighted by atomic mass is 9.96. The van der Waals surface area contributed by atoms with Crippen molar-refractivity contribution in [2.45, 2.75) is 26.3 Å². The second-order valence-electron chi connectivity index (χ2n) is 5.86. The number of benzene rings is 1. The number of carbonyl (C=O) groups excluding carboxylic acids is 1. The Hall–Kier alpha value is -2.63. The van der Waals surface area contributed by atoms with Gasteiger partial charge in [0.05, 0.1) is 0 Å². The Kier molecular flexibility index (Phi) is 5.16. The molecule has 0 radical (unpaired) electrons. The van der Waals surface area contributed by atoms with Crippen LogP contribution in [-0.4, -0.2) is 32.8 Å². The first-order chi connectivity index (χ1) is 10.9. The van der Waals surface area contributed by atoms with Gasteiger partial charge in [-0.05, 0) is 17.9 Å². The van der Waals surface area contributed by atoms with E-state index in [2.05, 4.69) is 10.4 Å². The largest absolute Gasteiger partial charge is 0.476 e. The molecule has 0 spiro atoms. The average Bonchev–Trinajstić information content (AvgIpc) is 2.90. The summed E-state index contributed by atoms with van der Waals surface area (Å²) in [6.45, 7) is 4.08. The van der Waals surface area contributed by atoms with Crippen LogP contribution < -0.4 is 5.32 Å². The number of hydrogen-bond donors (Lipinski definition) is 2. The quantitative estimate of drug-likeness (QED) is 0.855. The number of carbonyl (C=O) groups is 2. The van der Waals surface area contributed by atoms with Gasteiger partial charge in [0.15, 0.2) is 5.69 Å². The monoisotopic (exact) mass is 315 g/mol. The first kappa shape index (κ1) is 16.7. The maximum Gasteiger partial charge on any atom is 0.356 e. The summed E-state index contributed by atoms with van der Waals surface area (Å²) in [5.74, 6) is -1.22. The molecule has 0 fully saturated rings. The van der Waals surface area contributed by atoms with Gasteiger partial charge in [0.2, 0.25) is 0 Å². The highest BCUT2D eigenvalue weighted by Gasteiger charge is 2.21. The van der Waals surface area contributed by atoms with Crippen molar-refractivity contribution in [2.24, 2.45) is 13.0 Å². The molecule has 1 aromatic carbocycles. The topological polar surface area (TPSA) is 84.2 Å². The molecule has 2 aromatic rings. The fraction of sp³-hybridized carbons (Fsp3) is 0.353. The number of carboxylic acids is 1. The molecule has 0 aliphatic rings. The Morgan fingerprint density at radius 1 is 1.26 bits per heavy atom. The lowest BCUT2D eigenvalue weighted by Crippen LogP contribution is -2.40. The summed E-state index contributed by atoms with van der Waals surface area (Å²) in [5, 5.41) is 15.8. The summed E-state index contributed by atoms with van der Waals surface area (Å²) in [4.78, 5) is 23.4. The van der Waals surface area contributed by atoms with E-state index in [-0.39, 0.29) is 29.3 Å². The maximum absolute atomic E-state index is 12.4. The second kappa shape index (κ2) is 7.09. The summed E-state index contributed by atoms with van der Waals surface area (Å²) < 4.78 is 1.29. The van der Waals surface area contributed by atoms with Crippen molar-refractivity contribution in [3.05, 3.63) is 53.3 Å². The summed E-state index contributed by atoms with van der Waals surface area (Å²) in [5.41, 5.74) is 1.24. The molecule has 0 aliphatic heterocycles. The van der Waals surface area contributed by atoms with Gasteiger partial charge in [-0.15, -0.1) is 0 Å². The summed E-state index contributed by atoms with van der Waals surface area (Å²) in [7, 11) is 1.56. The van der Waals surface area contributed by atoms with Gasteiger partial charge in [0.25, 0.3) is 5.91 Å². The van der Waals surface area contributed by atoms with Crippen LogP contribution in [0.2, 0.25) is 0 Å². The summed E-state index contributed by atoms with van der Waals surface area (Å²) in [6, 6.07) is 11.2. The van der Waals surface area contributed by atoms with E-state index in [1.807, 2.05) is 44.2 Å². The van der Waals surface area contributed by atoms with E-state index in [0.29, 0.717) is 6.42 Å². The number of carboxylic acid groups (broad SMARTS) is 1. The van der Waals surface area contributed by atoms with Crippen LogP contribution in [0.15, 0.2) is 36.4 Å². The third-order valence-corrected chi connectivity index (χ3v) is 3.75. The van der Waals surface area contributed by atoms with Gasteiger partial charge in [-0.1, -0.05) is 44.2 Å². The molecule has 0 aliphatic carbocycles. The lowest BCUT2D eigenvalue weighted by Gasteiger charge is -2.22. The molecule has 122 valence electrons. The third kappa shape index (κ3) is 4.18. The lowest BCUT2D eigenvalue weighted by molar-refractivity contribution is 0.0689. The Morgan fingerprint density at radius 3 is 2.43 bits per heavy atom. The van der Waals surface area contributed by atoms with Gasteiger partial charge < -0.3 is 10.4 Å². The number of rotatable bonds is 6. The van der Waals surface area contributed by atoms with Gasteiger partial charge in [0, 0.05) is 19.2 Å². The molecule has 6 nitrogen and oxygen atoms in total. The standard InChI is InChI=1S/C17H21N3O3/c1-11(2)13(9-12-7-5-4-6-8-12)18-16(21)15-10-14(17(22)23)19-20(15)3/h4-8,10-11,13H,9H2,1-3H3,(H,18,21)(H,22,23). The molecular formula is C17H21N3O3. The smallest absolute Gasteiger partial charge is 0.356 e. The van der Waals surface area contributed by atoms with Crippen LogP contribution in [0, 0.1) is 5.92 Å². The highest BCUT2D eigenvalue weighted by molar-refractivity contribution is 5.95. The molecule has 0 bridgehead atoms. The zero-order chi connectivity index (χ0) is 17.0. The van der Waals surface area contributed by atoms with E-state index in [1.54, 1.807) is 7.05 Å². The van der Waals surface area contributed by atoms with Gasteiger partial charge >= 0.3 is 5.97 Å². The average molecular weight is 315 g/mol. The fourth-order valence-electron chi connectivity index (χ4n) is 2.35. The van der Waals surface area contributed by atoms with Crippen LogP contribution in [0.4, 0.5) is 0 Å². The van der Waals surface area contributed by atoms with Crippen LogP contribution in [0.3, 0.4) is 0 Å². The predicted octanol–water partition coefficient (Wildman–Crippen LogP) is 2.12. The van der Waals surface area contributed by atoms with Gasteiger partial charge in [-0.2, -0.15) is 5.10 Å². The highest BCUT2D eigenvalue weighted by Crippen LogP contribution is 2.12. The minimum atomic E-state index is -1.15. The van der Waals surface area contributed by atoms with Crippen LogP contribution in [0.5, 0.6) is 0 Å². The number of aromatic carboxylic acids is 1. The number of aryl methyl sites for hydroxylation is 1. The molecule has 23 heavy (non-hydrogen) atoms. The molecule has 6 heteroatoms. The number of nitrogens with zero attached hydrogens (tertiary/aromatic N) is 2. The Balaban J connectivity index is 2.13. The van der Waals surface area contributed by atoms with Crippen molar-refractivity contribution < 1.29 is 14.7 Å². The van der Waals surface area contributed by atoms with Crippen LogP contribution >= 0.6 is 0 Å². The number of nitrogens with one attached hydrogen (secondary N) is 1. The van der Waals surface area contributed by atoms with E-state index in [4.69, 9.17) is 5.11 Å². The first-order valence-electron chi connectivity index (χ1n) is 7.50. The Labute approximate surface area is 135 Å². The van der Waals surface area contributed by atoms with Crippen molar-refractivity contribution in [1.29, 1.82) is 0 Å². The molecule has 0 saturated carbocycles. The molecule has 1 atom stereocenters. The third-order valence-electron chi connectivity index (χ3n) is 3.75. The fourth-order valence-corrected chi connectivity index (χ4v) is 2.35. The van der Waals surface area contributed by atoms with Crippen LogP contribution in [-0.2, 0) is 13.5 Å². The van der Waals surface area contributed by atoms with Gasteiger partial charge in [-0.3, -0.25) is 9.48 Å². The molecular weight excluding hydrogens is 294 g/mol. The zero-order valence-electron chi connectivity index (χ0n) is 13.5. The maximum atomic E-state index is 12.4. The second-order valence-corrected chi connectivity index (χ2v) is 5.86. The molecule has 2 N–H and O–H groups in total. The van der Waals surface area contributed by atoms with Gasteiger partial charge in [0.1, 0.15) is 5.69 Å². The Bertz CT molecular complexity index is 692. The molecule has 1 heterocycles. The van der Waals surface area contributed by atoms with E-state index in [1.165, 1.54) is 10.7 Å². The molecule has 0 saturated heterocycles. The van der Waals surface area contributed by atoms with Crippen molar-refractivity contribution in [2.75, 3.05) is 0 Å². The Morgan fingerprint density at radius 2 is 1.91 bits per heavy atom. The number of amides is 1. The minimum absolute atomic E-state index is 0.0481. The van der Waals surface area contributed by atoms with Crippen molar-refractivity contribution in [3.8, 4) is 0 Å². The molecule has 1 aromatic heterocycles. The zero-order valence-corrected chi connectivity index (χ0v) is 13.5. The molecule has 1 amide bonds. The minimum Gasteiger partial charge on any atom is -0.476 e. The highest BCUT2D eigenvalue weighted by atomic mass is 16.4. The number of hydrogen-bond acceptors (Lipinski definition) is 3. The van der Waals surface area contributed by atoms with Crippen molar-refractivity contribution >= 4 is 11.9 Å². The van der Waals surface area contributed by atoms with Crippen molar-refractivity contribution in [1.82, 2.24) is 15.1 Å². The summed E-state index contributed by atoms with van der Waals surface area (Å²) in [6.07, 6.45) is 0.716. The van der Waals surface area contributed by atoms with E-state index in [0.717, 1.165) is 5.56 Å². The number of aromatic nitrogens is 2. The normalized spacial score (nSPS) is 12.2. The van der Waals surface area contributed by atoms with Gasteiger partial charge in [-0.25, -0.2) is 4.79 Å². The molecule has 2 rings (SSSR count). The SMILES string of the molecule is CC(C)C(Cc1ccccc1)NC(=O)c1cc(C(=O)O)nn1C.